The maximum Gasteiger partial charge on any atom is 0.243 e. The van der Waals surface area contributed by atoms with Crippen molar-refractivity contribution in [3.8, 4) is 0 Å². The summed E-state index contributed by atoms with van der Waals surface area (Å²) >= 11 is 0. The fourth-order valence-corrected chi connectivity index (χ4v) is 5.15. The third kappa shape index (κ3) is 4.72. The second kappa shape index (κ2) is 8.87. The molecule has 156 valence electrons. The van der Waals surface area contributed by atoms with E-state index in [0.717, 1.165) is 0 Å². The lowest BCUT2D eigenvalue weighted by Gasteiger charge is -2.34. The zero-order valence-corrected chi connectivity index (χ0v) is 17.5. The van der Waals surface area contributed by atoms with Crippen LogP contribution in [0.1, 0.15) is 19.4 Å². The maximum atomic E-state index is 13.0. The van der Waals surface area contributed by atoms with Gasteiger partial charge in [-0.2, -0.15) is 4.31 Å². The van der Waals surface area contributed by atoms with Crippen molar-refractivity contribution in [3.63, 3.8) is 0 Å². The molecule has 0 radical (unpaired) electrons. The topological polar surface area (TPSA) is 88.2 Å². The number of ether oxygens (including phenoxy) is 2. The lowest BCUT2D eigenvalue weighted by molar-refractivity contribution is -0.123. The molecule has 1 aromatic carbocycles. The molecule has 0 bridgehead atoms. The normalized spacial score (nSPS) is 23.3. The van der Waals surface area contributed by atoms with Gasteiger partial charge in [0.25, 0.3) is 0 Å². The van der Waals surface area contributed by atoms with E-state index >= 15 is 0 Å². The monoisotopic (exact) mass is 411 g/mol. The van der Waals surface area contributed by atoms with Crippen LogP contribution in [0.2, 0.25) is 0 Å². The molecule has 0 spiro atoms. The molecule has 28 heavy (non-hydrogen) atoms. The number of carbonyl (C=O) groups is 1. The van der Waals surface area contributed by atoms with Gasteiger partial charge in [-0.1, -0.05) is 6.07 Å². The van der Waals surface area contributed by atoms with Gasteiger partial charge in [-0.25, -0.2) is 8.42 Å². The molecule has 9 heteroatoms. The third-order valence-electron chi connectivity index (χ3n) is 5.24. The molecule has 0 unspecified atom stereocenters. The van der Waals surface area contributed by atoms with Gasteiger partial charge in [-0.3, -0.25) is 9.69 Å². The fourth-order valence-electron chi connectivity index (χ4n) is 3.49. The molecule has 8 nitrogen and oxygen atoms in total. The molecule has 0 aromatic heterocycles. The molecule has 1 amide bonds. The number of hydrogen-bond acceptors (Lipinski definition) is 6. The van der Waals surface area contributed by atoms with Gasteiger partial charge in [-0.05, 0) is 38.5 Å². The Bertz CT molecular complexity index is 808. The number of benzene rings is 1. The van der Waals surface area contributed by atoms with E-state index in [0.29, 0.717) is 57.3 Å². The van der Waals surface area contributed by atoms with E-state index in [2.05, 4.69) is 10.2 Å². The molecule has 2 fully saturated rings. The molecule has 2 aliphatic heterocycles. The number of anilines is 1. The van der Waals surface area contributed by atoms with E-state index in [1.165, 1.54) is 4.31 Å². The Hall–Kier alpha value is -1.52. The van der Waals surface area contributed by atoms with E-state index < -0.39 is 10.0 Å². The minimum Gasteiger partial charge on any atom is -0.379 e. The number of amides is 1. The maximum absolute atomic E-state index is 13.0. The molecule has 0 aliphatic carbocycles. The number of nitrogens with one attached hydrogen (secondary N) is 1. The lowest BCUT2D eigenvalue weighted by Crippen LogP contribution is -2.50. The first-order valence-electron chi connectivity index (χ1n) is 9.64. The summed E-state index contributed by atoms with van der Waals surface area (Å²) in [5.41, 5.74) is 1.13. The highest BCUT2D eigenvalue weighted by Crippen LogP contribution is 2.24. The molecule has 1 N–H and O–H groups in total. The average molecular weight is 412 g/mol. The van der Waals surface area contributed by atoms with E-state index in [-0.39, 0.29) is 22.9 Å². The Labute approximate surface area is 166 Å². The van der Waals surface area contributed by atoms with Gasteiger partial charge in [0.2, 0.25) is 15.9 Å². The molecule has 2 aliphatic rings. The van der Waals surface area contributed by atoms with Gasteiger partial charge in [0.1, 0.15) is 0 Å². The SMILES string of the molecule is Cc1ccc(NC(=O)[C@H](C)N2CCO[C@H](C)C2)cc1S(=O)(=O)N1CCOCC1. The number of morpholine rings is 2. The van der Waals surface area contributed by atoms with E-state index in [1.54, 1.807) is 25.1 Å². The summed E-state index contributed by atoms with van der Waals surface area (Å²) in [5.74, 6) is -0.160. The first-order chi connectivity index (χ1) is 13.3. The number of sulfonamides is 1. The first kappa shape index (κ1) is 21.2. The van der Waals surface area contributed by atoms with Crippen molar-refractivity contribution in [2.45, 2.75) is 37.8 Å². The summed E-state index contributed by atoms with van der Waals surface area (Å²) in [6, 6.07) is 4.68. The zero-order valence-electron chi connectivity index (χ0n) is 16.7. The van der Waals surface area contributed by atoms with Crippen molar-refractivity contribution in [1.82, 2.24) is 9.21 Å². The minimum absolute atomic E-state index is 0.0913. The number of carbonyl (C=O) groups excluding carboxylic acids is 1. The van der Waals surface area contributed by atoms with Crippen molar-refractivity contribution in [3.05, 3.63) is 23.8 Å². The van der Waals surface area contributed by atoms with Gasteiger partial charge in [0.05, 0.1) is 36.9 Å². The highest BCUT2D eigenvalue weighted by atomic mass is 32.2. The number of rotatable bonds is 5. The number of aryl methyl sites for hydroxylation is 1. The summed E-state index contributed by atoms with van der Waals surface area (Å²) in [6.07, 6.45) is 0.0913. The van der Waals surface area contributed by atoms with Gasteiger partial charge in [-0.15, -0.1) is 0 Å². The van der Waals surface area contributed by atoms with Crippen molar-refractivity contribution in [2.24, 2.45) is 0 Å². The quantitative estimate of drug-likeness (QED) is 0.780. The number of nitrogens with zero attached hydrogens (tertiary/aromatic N) is 2. The fraction of sp³-hybridized carbons (Fsp3) is 0.632. The molecular weight excluding hydrogens is 382 g/mol. The highest BCUT2D eigenvalue weighted by Gasteiger charge is 2.29. The average Bonchev–Trinajstić information content (AvgIpc) is 2.69. The van der Waals surface area contributed by atoms with Crippen molar-refractivity contribution in [2.75, 3.05) is 51.3 Å². The van der Waals surface area contributed by atoms with Crippen LogP contribution >= 0.6 is 0 Å². The van der Waals surface area contributed by atoms with Crippen molar-refractivity contribution in [1.29, 1.82) is 0 Å². The van der Waals surface area contributed by atoms with Crippen LogP contribution < -0.4 is 5.32 Å². The molecule has 1 aromatic rings. The molecule has 2 saturated heterocycles. The Balaban J connectivity index is 1.74. The van der Waals surface area contributed by atoms with Crippen LogP contribution in [0.3, 0.4) is 0 Å². The van der Waals surface area contributed by atoms with Crippen molar-refractivity contribution < 1.29 is 22.7 Å². The van der Waals surface area contributed by atoms with Crippen LogP contribution in [0.4, 0.5) is 5.69 Å². The van der Waals surface area contributed by atoms with Crippen molar-refractivity contribution >= 4 is 21.6 Å². The highest BCUT2D eigenvalue weighted by molar-refractivity contribution is 7.89. The summed E-state index contributed by atoms with van der Waals surface area (Å²) in [5, 5.41) is 2.87. The van der Waals surface area contributed by atoms with Crippen LogP contribution in [0.5, 0.6) is 0 Å². The van der Waals surface area contributed by atoms with Gasteiger partial charge in [0.15, 0.2) is 0 Å². The van der Waals surface area contributed by atoms with E-state index in [4.69, 9.17) is 9.47 Å². The molecule has 2 atom stereocenters. The largest absolute Gasteiger partial charge is 0.379 e. The van der Waals surface area contributed by atoms with E-state index in [1.807, 2.05) is 13.8 Å². The minimum atomic E-state index is -3.62. The van der Waals surface area contributed by atoms with Crippen LogP contribution in [-0.2, 0) is 24.3 Å². The van der Waals surface area contributed by atoms with Crippen LogP contribution in [0, 0.1) is 6.92 Å². The van der Waals surface area contributed by atoms with Gasteiger partial charge in [0, 0.05) is 31.9 Å². The first-order valence-corrected chi connectivity index (χ1v) is 11.1. The molecule has 3 rings (SSSR count). The Morgan fingerprint density at radius 1 is 1.21 bits per heavy atom. The predicted molar refractivity (Wildman–Crippen MR) is 106 cm³/mol. The second-order valence-electron chi connectivity index (χ2n) is 7.34. The predicted octanol–water partition coefficient (Wildman–Crippen LogP) is 1.06. The summed E-state index contributed by atoms with van der Waals surface area (Å²) in [7, 11) is -3.62. The molecule has 0 saturated carbocycles. The Morgan fingerprint density at radius 3 is 2.61 bits per heavy atom. The second-order valence-corrected chi connectivity index (χ2v) is 9.24. The summed E-state index contributed by atoms with van der Waals surface area (Å²) < 4.78 is 38.2. The van der Waals surface area contributed by atoms with Crippen LogP contribution in [0.25, 0.3) is 0 Å². The number of hydrogen-bond donors (Lipinski definition) is 1. The summed E-state index contributed by atoms with van der Waals surface area (Å²) in [4.78, 5) is 15.0. The third-order valence-corrected chi connectivity index (χ3v) is 7.28. The summed E-state index contributed by atoms with van der Waals surface area (Å²) in [6.45, 7) is 9.06. The van der Waals surface area contributed by atoms with Gasteiger partial charge < -0.3 is 14.8 Å². The lowest BCUT2D eigenvalue weighted by atomic mass is 10.2. The van der Waals surface area contributed by atoms with E-state index in [9.17, 15) is 13.2 Å². The smallest absolute Gasteiger partial charge is 0.243 e. The van der Waals surface area contributed by atoms with Crippen LogP contribution in [-0.4, -0.2) is 81.7 Å². The van der Waals surface area contributed by atoms with Crippen LogP contribution in [0.15, 0.2) is 23.1 Å². The van der Waals surface area contributed by atoms with Gasteiger partial charge >= 0.3 is 0 Å². The molecular formula is C19H29N3O5S. The zero-order chi connectivity index (χ0) is 20.3. The standard InChI is InChI=1S/C19H29N3O5S/c1-14-4-5-17(12-18(14)28(24,25)22-7-9-26-10-8-22)20-19(23)16(3)21-6-11-27-15(2)13-21/h4-5,12,15-16H,6-11,13H2,1-3H3,(H,20,23)/t15-,16+/m1/s1. The Morgan fingerprint density at radius 2 is 1.93 bits per heavy atom. The molecule has 2 heterocycles. The Kier molecular flexibility index (Phi) is 6.72.